The number of nitrogens with one attached hydrogen (secondary N) is 1. The van der Waals surface area contributed by atoms with Crippen LogP contribution in [-0.4, -0.2) is 29.9 Å². The Morgan fingerprint density at radius 2 is 2.11 bits per heavy atom. The molecular weight excluding hydrogens is 238 g/mol. The summed E-state index contributed by atoms with van der Waals surface area (Å²) in [5.41, 5.74) is 1.38. The number of hydrogen-bond acceptors (Lipinski definition) is 3. The van der Waals surface area contributed by atoms with Gasteiger partial charge in [-0.3, -0.25) is 0 Å². The van der Waals surface area contributed by atoms with E-state index in [9.17, 15) is 5.11 Å². The average molecular weight is 263 g/mol. The molecule has 2 N–H and O–H groups in total. The first-order valence-corrected chi connectivity index (χ1v) is 7.27. The molecule has 1 fully saturated rings. The van der Waals surface area contributed by atoms with Crippen LogP contribution in [0.5, 0.6) is 5.75 Å². The van der Waals surface area contributed by atoms with Crippen molar-refractivity contribution in [2.75, 3.05) is 13.2 Å². The van der Waals surface area contributed by atoms with E-state index < -0.39 is 6.10 Å². The van der Waals surface area contributed by atoms with E-state index in [1.54, 1.807) is 0 Å². The number of aliphatic hydroxyl groups is 1. The Hall–Kier alpha value is -1.06. The van der Waals surface area contributed by atoms with Crippen LogP contribution in [0.4, 0.5) is 0 Å². The summed E-state index contributed by atoms with van der Waals surface area (Å²) in [5, 5.41) is 13.5. The van der Waals surface area contributed by atoms with Gasteiger partial charge in [0.2, 0.25) is 0 Å². The van der Waals surface area contributed by atoms with Crippen LogP contribution in [0.25, 0.3) is 0 Å². The summed E-state index contributed by atoms with van der Waals surface area (Å²) in [6.07, 6.45) is 4.45. The summed E-state index contributed by atoms with van der Waals surface area (Å²) in [6.45, 7) is 5.18. The number of hydrogen-bond donors (Lipinski definition) is 2. The van der Waals surface area contributed by atoms with Crippen molar-refractivity contribution >= 4 is 0 Å². The third-order valence-electron chi connectivity index (χ3n) is 4.22. The van der Waals surface area contributed by atoms with Crippen molar-refractivity contribution in [3.63, 3.8) is 0 Å². The van der Waals surface area contributed by atoms with E-state index in [2.05, 4.69) is 12.2 Å². The van der Waals surface area contributed by atoms with Crippen molar-refractivity contribution in [2.45, 2.75) is 51.2 Å². The van der Waals surface area contributed by atoms with Gasteiger partial charge in [-0.1, -0.05) is 25.1 Å². The maximum Gasteiger partial charge on any atom is 0.122 e. The molecule has 0 aliphatic heterocycles. The number of rotatable bonds is 7. The predicted octanol–water partition coefficient (Wildman–Crippen LogP) is 2.66. The smallest absolute Gasteiger partial charge is 0.122 e. The summed E-state index contributed by atoms with van der Waals surface area (Å²) in [4.78, 5) is 0. The van der Waals surface area contributed by atoms with Crippen LogP contribution in [0.2, 0.25) is 0 Å². The van der Waals surface area contributed by atoms with E-state index in [1.165, 1.54) is 19.3 Å². The van der Waals surface area contributed by atoms with Gasteiger partial charge in [-0.15, -0.1) is 0 Å². The van der Waals surface area contributed by atoms with Gasteiger partial charge in [0.05, 0.1) is 0 Å². The molecule has 1 aromatic rings. The van der Waals surface area contributed by atoms with Gasteiger partial charge in [0.15, 0.2) is 0 Å². The van der Waals surface area contributed by atoms with Gasteiger partial charge in [0.1, 0.15) is 18.5 Å². The van der Waals surface area contributed by atoms with Crippen LogP contribution in [0.15, 0.2) is 24.3 Å². The number of aliphatic hydroxyl groups excluding tert-OH is 1. The molecule has 19 heavy (non-hydrogen) atoms. The minimum Gasteiger partial charge on any atom is -0.491 e. The van der Waals surface area contributed by atoms with E-state index in [1.807, 2.05) is 31.2 Å². The highest BCUT2D eigenvalue weighted by molar-refractivity contribution is 5.31. The second-order valence-corrected chi connectivity index (χ2v) is 5.60. The zero-order valence-corrected chi connectivity index (χ0v) is 12.0. The van der Waals surface area contributed by atoms with Crippen molar-refractivity contribution in [3.05, 3.63) is 29.8 Å². The van der Waals surface area contributed by atoms with Crippen LogP contribution in [0.1, 0.15) is 38.2 Å². The summed E-state index contributed by atoms with van der Waals surface area (Å²) in [7, 11) is 0. The van der Waals surface area contributed by atoms with Crippen LogP contribution >= 0.6 is 0 Å². The summed E-state index contributed by atoms with van der Waals surface area (Å²) in [5.74, 6) is 0.857. The second-order valence-electron chi connectivity index (χ2n) is 5.60. The molecule has 0 spiro atoms. The zero-order valence-electron chi connectivity index (χ0n) is 12.0. The molecule has 1 aliphatic carbocycles. The minimum atomic E-state index is -0.455. The lowest BCUT2D eigenvalue weighted by Gasteiger charge is -2.42. The predicted molar refractivity (Wildman–Crippen MR) is 77.6 cm³/mol. The summed E-state index contributed by atoms with van der Waals surface area (Å²) >= 11 is 0. The maximum atomic E-state index is 9.99. The fourth-order valence-electron chi connectivity index (χ4n) is 2.56. The SMILES string of the molecule is CCC1(NCC(O)COc2ccccc2C)CCC1. The Kier molecular flexibility index (Phi) is 4.83. The van der Waals surface area contributed by atoms with E-state index in [-0.39, 0.29) is 5.54 Å². The Morgan fingerprint density at radius 1 is 1.37 bits per heavy atom. The van der Waals surface area contributed by atoms with Gasteiger partial charge >= 0.3 is 0 Å². The van der Waals surface area contributed by atoms with E-state index in [0.717, 1.165) is 17.7 Å². The van der Waals surface area contributed by atoms with Gasteiger partial charge in [-0.2, -0.15) is 0 Å². The molecule has 2 rings (SSSR count). The maximum absolute atomic E-state index is 9.99. The lowest BCUT2D eigenvalue weighted by atomic mass is 9.75. The lowest BCUT2D eigenvalue weighted by Crippen LogP contribution is -2.53. The van der Waals surface area contributed by atoms with Crippen LogP contribution in [-0.2, 0) is 0 Å². The van der Waals surface area contributed by atoms with E-state index >= 15 is 0 Å². The highest BCUT2D eigenvalue weighted by atomic mass is 16.5. The van der Waals surface area contributed by atoms with Crippen molar-refractivity contribution < 1.29 is 9.84 Å². The molecule has 1 saturated carbocycles. The number of β-amino-alcohol motifs (C(OH)–C–C–N with tert-alkyl or cyclic N) is 1. The average Bonchev–Trinajstić information content (AvgIpc) is 2.37. The van der Waals surface area contributed by atoms with Crippen LogP contribution < -0.4 is 10.1 Å². The molecule has 0 saturated heterocycles. The Labute approximate surface area is 116 Å². The number of benzene rings is 1. The highest BCUT2D eigenvalue weighted by Gasteiger charge is 2.34. The van der Waals surface area contributed by atoms with E-state index in [0.29, 0.717) is 13.2 Å². The van der Waals surface area contributed by atoms with Crippen LogP contribution in [0.3, 0.4) is 0 Å². The third kappa shape index (κ3) is 3.71. The van der Waals surface area contributed by atoms with E-state index in [4.69, 9.17) is 4.74 Å². The highest BCUT2D eigenvalue weighted by Crippen LogP contribution is 2.34. The first-order chi connectivity index (χ1) is 9.15. The quantitative estimate of drug-likeness (QED) is 0.794. The Morgan fingerprint density at radius 3 is 2.68 bits per heavy atom. The molecule has 0 bridgehead atoms. The molecule has 0 amide bonds. The Bertz CT molecular complexity index is 396. The van der Waals surface area contributed by atoms with Gasteiger partial charge in [-0.25, -0.2) is 0 Å². The van der Waals surface area contributed by atoms with Crippen molar-refractivity contribution in [3.8, 4) is 5.75 Å². The molecule has 0 heterocycles. The largest absolute Gasteiger partial charge is 0.491 e. The van der Waals surface area contributed by atoms with Crippen molar-refractivity contribution in [2.24, 2.45) is 0 Å². The van der Waals surface area contributed by atoms with Crippen molar-refractivity contribution in [1.29, 1.82) is 0 Å². The third-order valence-corrected chi connectivity index (χ3v) is 4.22. The molecule has 0 radical (unpaired) electrons. The molecule has 3 heteroatoms. The molecule has 1 aliphatic rings. The number of para-hydroxylation sites is 1. The number of ether oxygens (including phenoxy) is 1. The van der Waals surface area contributed by atoms with Crippen molar-refractivity contribution in [1.82, 2.24) is 5.32 Å². The first kappa shape index (κ1) is 14.4. The van der Waals surface area contributed by atoms with Gasteiger partial charge in [-0.05, 0) is 44.2 Å². The van der Waals surface area contributed by atoms with Gasteiger partial charge in [0, 0.05) is 12.1 Å². The Balaban J connectivity index is 1.73. The molecule has 3 nitrogen and oxygen atoms in total. The molecule has 106 valence electrons. The fourth-order valence-corrected chi connectivity index (χ4v) is 2.56. The van der Waals surface area contributed by atoms with Crippen LogP contribution in [0, 0.1) is 6.92 Å². The molecular formula is C16H25NO2. The van der Waals surface area contributed by atoms with Gasteiger partial charge < -0.3 is 15.2 Å². The monoisotopic (exact) mass is 263 g/mol. The lowest BCUT2D eigenvalue weighted by molar-refractivity contribution is 0.0809. The first-order valence-electron chi connectivity index (χ1n) is 7.27. The summed E-state index contributed by atoms with van der Waals surface area (Å²) < 4.78 is 5.66. The number of aryl methyl sites for hydroxylation is 1. The molecule has 0 aromatic heterocycles. The summed E-state index contributed by atoms with van der Waals surface area (Å²) in [6, 6.07) is 7.89. The minimum absolute atomic E-state index is 0.281. The fraction of sp³-hybridized carbons (Fsp3) is 0.625. The zero-order chi connectivity index (χ0) is 13.7. The standard InChI is InChI=1S/C16H25NO2/c1-3-16(9-6-10-16)17-11-14(18)12-19-15-8-5-4-7-13(15)2/h4-5,7-8,14,17-18H,3,6,9-12H2,1-2H3. The van der Waals surface area contributed by atoms with Gasteiger partial charge in [0.25, 0.3) is 0 Å². The second kappa shape index (κ2) is 6.40. The molecule has 1 atom stereocenters. The normalized spacial score (nSPS) is 18.7. The topological polar surface area (TPSA) is 41.5 Å². The molecule has 1 unspecified atom stereocenters. The molecule has 1 aromatic carbocycles.